The van der Waals surface area contributed by atoms with Crippen molar-refractivity contribution in [1.82, 2.24) is 0 Å². The molecule has 0 bridgehead atoms. The van der Waals surface area contributed by atoms with Crippen molar-refractivity contribution in [3.05, 3.63) is 45.2 Å². The standard InChI is InChI=1S/C19H15ClFNO7/c20-7-1-2-8(23)12-11(7)14(21)6-3-5-4-9(24)13(18(22)28)17(27)19(5,29)16(26)10(6)15(12)25/h1-2,5-6,14,23,25,27,29H,3-4H2,(H2,22,28)/t5-,6-,14+,19-/m0/s1. The number of Topliss-reactive ketones (excluding diaryl/α,β-unsaturated/α-hetero) is 2. The van der Waals surface area contributed by atoms with Crippen LogP contribution in [-0.2, 0) is 14.4 Å². The van der Waals surface area contributed by atoms with E-state index in [0.29, 0.717) is 0 Å². The van der Waals surface area contributed by atoms with Gasteiger partial charge < -0.3 is 26.2 Å². The quantitative estimate of drug-likeness (QED) is 0.428. The predicted molar refractivity (Wildman–Crippen MR) is 96.5 cm³/mol. The molecule has 10 heteroatoms. The van der Waals surface area contributed by atoms with Gasteiger partial charge >= 0.3 is 0 Å². The minimum Gasteiger partial charge on any atom is -0.508 e. The van der Waals surface area contributed by atoms with E-state index in [1.54, 1.807) is 0 Å². The first kappa shape index (κ1) is 19.4. The number of halogens is 2. The molecule has 3 aliphatic carbocycles. The molecule has 0 spiro atoms. The molecule has 0 saturated heterocycles. The average molecular weight is 424 g/mol. The van der Waals surface area contributed by atoms with Gasteiger partial charge in [0.25, 0.3) is 5.91 Å². The van der Waals surface area contributed by atoms with Crippen LogP contribution in [0.15, 0.2) is 29.0 Å². The molecule has 0 aromatic heterocycles. The van der Waals surface area contributed by atoms with Gasteiger partial charge in [-0.2, -0.15) is 0 Å². The molecule has 3 aliphatic rings. The number of hydrogen-bond donors (Lipinski definition) is 5. The number of carbonyl (C=O) groups excluding carboxylic acids is 3. The van der Waals surface area contributed by atoms with Gasteiger partial charge in [-0.15, -0.1) is 0 Å². The van der Waals surface area contributed by atoms with Gasteiger partial charge in [-0.05, 0) is 18.6 Å². The van der Waals surface area contributed by atoms with Gasteiger partial charge in [0, 0.05) is 34.4 Å². The normalized spacial score (nSPS) is 31.3. The molecule has 8 nitrogen and oxygen atoms in total. The number of rotatable bonds is 1. The van der Waals surface area contributed by atoms with Gasteiger partial charge in [-0.1, -0.05) is 11.6 Å². The third-order valence-electron chi connectivity index (χ3n) is 5.94. The van der Waals surface area contributed by atoms with Crippen molar-refractivity contribution < 1.29 is 39.2 Å². The number of ketones is 2. The molecule has 1 aromatic carbocycles. The number of fused-ring (bicyclic) bond motifs is 3. The lowest BCUT2D eigenvalue weighted by Crippen LogP contribution is -2.58. The number of amides is 1. The van der Waals surface area contributed by atoms with Crippen molar-refractivity contribution in [2.75, 3.05) is 0 Å². The van der Waals surface area contributed by atoms with Crippen LogP contribution in [0.3, 0.4) is 0 Å². The van der Waals surface area contributed by atoms with Gasteiger partial charge in [0.2, 0.25) is 5.78 Å². The first-order valence-corrected chi connectivity index (χ1v) is 9.02. The second-order valence-electron chi connectivity index (χ2n) is 7.37. The Balaban J connectivity index is 1.99. The summed E-state index contributed by atoms with van der Waals surface area (Å²) < 4.78 is 15.4. The van der Waals surface area contributed by atoms with Gasteiger partial charge in [0.05, 0.1) is 5.56 Å². The van der Waals surface area contributed by atoms with Crippen molar-refractivity contribution in [2.24, 2.45) is 17.6 Å². The van der Waals surface area contributed by atoms with E-state index in [2.05, 4.69) is 0 Å². The van der Waals surface area contributed by atoms with Crippen molar-refractivity contribution >= 4 is 34.8 Å². The Bertz CT molecular complexity index is 1080. The zero-order valence-corrected chi connectivity index (χ0v) is 15.4. The number of primary amides is 1. The van der Waals surface area contributed by atoms with Crippen molar-refractivity contribution in [3.8, 4) is 5.75 Å². The topological polar surface area (TPSA) is 158 Å². The van der Waals surface area contributed by atoms with Crippen LogP contribution in [0.1, 0.15) is 30.1 Å². The predicted octanol–water partition coefficient (Wildman–Crippen LogP) is 1.55. The number of carbonyl (C=O) groups is 3. The Hall–Kier alpha value is -2.91. The lowest BCUT2D eigenvalue weighted by Gasteiger charge is -2.46. The van der Waals surface area contributed by atoms with Crippen molar-refractivity contribution in [1.29, 1.82) is 0 Å². The van der Waals surface area contributed by atoms with Crippen LogP contribution in [0, 0.1) is 11.8 Å². The highest BCUT2D eigenvalue weighted by Crippen LogP contribution is 2.56. The number of benzene rings is 1. The maximum absolute atomic E-state index is 15.4. The lowest BCUT2D eigenvalue weighted by atomic mass is 9.59. The molecule has 1 aromatic rings. The van der Waals surface area contributed by atoms with Gasteiger partial charge in [-0.25, -0.2) is 4.39 Å². The number of phenolic OH excluding ortho intramolecular Hbond substituents is 1. The van der Waals surface area contributed by atoms with E-state index >= 15 is 4.39 Å². The molecule has 0 heterocycles. The monoisotopic (exact) mass is 423 g/mol. The molecule has 29 heavy (non-hydrogen) atoms. The summed E-state index contributed by atoms with van der Waals surface area (Å²) >= 11 is 6.03. The highest BCUT2D eigenvalue weighted by atomic mass is 35.5. The molecule has 1 amide bonds. The summed E-state index contributed by atoms with van der Waals surface area (Å²) in [5, 5.41) is 42.1. The molecule has 0 radical (unpaired) electrons. The molecule has 6 N–H and O–H groups in total. The van der Waals surface area contributed by atoms with Crippen LogP contribution < -0.4 is 5.73 Å². The molecule has 1 saturated carbocycles. The highest BCUT2D eigenvalue weighted by Gasteiger charge is 2.62. The molecular weight excluding hydrogens is 409 g/mol. The van der Waals surface area contributed by atoms with Crippen LogP contribution in [0.5, 0.6) is 5.75 Å². The third kappa shape index (κ3) is 2.31. The van der Waals surface area contributed by atoms with Crippen LogP contribution in [0.4, 0.5) is 4.39 Å². The molecule has 4 rings (SSSR count). The van der Waals surface area contributed by atoms with E-state index in [0.717, 1.165) is 6.07 Å². The fraction of sp³-hybridized carbons (Fsp3) is 0.316. The van der Waals surface area contributed by atoms with Crippen LogP contribution in [-0.4, -0.2) is 43.5 Å². The zero-order valence-electron chi connectivity index (χ0n) is 14.6. The van der Waals surface area contributed by atoms with E-state index in [9.17, 15) is 34.8 Å². The number of aliphatic hydroxyl groups is 3. The number of alkyl halides is 1. The smallest absolute Gasteiger partial charge is 0.255 e. The summed E-state index contributed by atoms with van der Waals surface area (Å²) in [6, 6.07) is 2.34. The Morgan fingerprint density at radius 3 is 2.52 bits per heavy atom. The molecule has 1 fully saturated rings. The molecule has 0 unspecified atom stereocenters. The molecule has 152 valence electrons. The number of hydrogen-bond acceptors (Lipinski definition) is 7. The Labute approximate surface area is 167 Å². The Kier molecular flexibility index (Phi) is 4.04. The minimum atomic E-state index is -2.73. The second kappa shape index (κ2) is 6.04. The Morgan fingerprint density at radius 2 is 1.90 bits per heavy atom. The lowest BCUT2D eigenvalue weighted by molar-refractivity contribution is -0.148. The summed E-state index contributed by atoms with van der Waals surface area (Å²) in [6.45, 7) is 0. The van der Waals surface area contributed by atoms with Gasteiger partial charge in [-0.3, -0.25) is 14.4 Å². The molecular formula is C19H15ClFNO7. The Morgan fingerprint density at radius 1 is 1.24 bits per heavy atom. The van der Waals surface area contributed by atoms with Gasteiger partial charge in [0.1, 0.15) is 29.0 Å². The van der Waals surface area contributed by atoms with E-state index in [1.165, 1.54) is 6.07 Å². The second-order valence-corrected chi connectivity index (χ2v) is 7.78. The average Bonchev–Trinajstić information content (AvgIpc) is 2.64. The first-order chi connectivity index (χ1) is 13.5. The number of aliphatic hydroxyl groups excluding tert-OH is 2. The fourth-order valence-corrected chi connectivity index (χ4v) is 4.84. The van der Waals surface area contributed by atoms with Crippen molar-refractivity contribution in [3.63, 3.8) is 0 Å². The zero-order chi connectivity index (χ0) is 21.4. The molecule has 0 aliphatic heterocycles. The van der Waals surface area contributed by atoms with Crippen LogP contribution >= 0.6 is 11.6 Å². The summed E-state index contributed by atoms with van der Waals surface area (Å²) in [6.07, 6.45) is -2.76. The summed E-state index contributed by atoms with van der Waals surface area (Å²) in [5.74, 6) is -8.54. The molecule has 4 atom stereocenters. The van der Waals surface area contributed by atoms with Crippen LogP contribution in [0.25, 0.3) is 5.76 Å². The largest absolute Gasteiger partial charge is 0.508 e. The van der Waals surface area contributed by atoms with Crippen LogP contribution in [0.2, 0.25) is 5.02 Å². The van der Waals surface area contributed by atoms with Crippen molar-refractivity contribution in [2.45, 2.75) is 24.6 Å². The minimum absolute atomic E-state index is 0.0809. The number of nitrogens with two attached hydrogens (primary N) is 1. The van der Waals surface area contributed by atoms with E-state index < -0.39 is 81.5 Å². The third-order valence-corrected chi connectivity index (χ3v) is 6.27. The number of phenols is 1. The highest BCUT2D eigenvalue weighted by molar-refractivity contribution is 6.32. The summed E-state index contributed by atoms with van der Waals surface area (Å²) in [4.78, 5) is 36.9. The summed E-state index contributed by atoms with van der Waals surface area (Å²) in [5.41, 5.74) is 0.278. The summed E-state index contributed by atoms with van der Waals surface area (Å²) in [7, 11) is 0. The van der Waals surface area contributed by atoms with E-state index in [1.807, 2.05) is 0 Å². The SMILES string of the molecule is NC(=O)C1=C(O)[C@@]2(O)C(=O)C3=C(O)c4c(O)ccc(Cl)c4[C@H](F)[C@H]3C[C@H]2CC1=O. The van der Waals surface area contributed by atoms with Gasteiger partial charge in [0.15, 0.2) is 11.4 Å². The first-order valence-electron chi connectivity index (χ1n) is 8.64. The maximum Gasteiger partial charge on any atom is 0.255 e. The van der Waals surface area contributed by atoms with E-state index in [-0.39, 0.29) is 17.0 Å². The maximum atomic E-state index is 15.4. The fourth-order valence-electron chi connectivity index (χ4n) is 4.57. The number of aromatic hydroxyl groups is 1. The van der Waals surface area contributed by atoms with E-state index in [4.69, 9.17) is 17.3 Å².